The van der Waals surface area contributed by atoms with Crippen molar-refractivity contribution in [3.63, 3.8) is 0 Å². The van der Waals surface area contributed by atoms with E-state index < -0.39 is 93.2 Å². The largest absolute Gasteiger partial charge is 1.00 e. The molecule has 3 fully saturated rings. The smallest absolute Gasteiger partial charge is 0.780 e. The molecular formula is C33H43N13Na2O12P2S2. The second-order valence-corrected chi connectivity index (χ2v) is 21.5. The van der Waals surface area contributed by atoms with Crippen molar-refractivity contribution in [2.24, 2.45) is 5.41 Å². The van der Waals surface area contributed by atoms with Crippen molar-refractivity contribution >= 4 is 77.0 Å². The number of aliphatic hydroxyl groups excluding tert-OH is 1. The maximum Gasteiger partial charge on any atom is 1.00 e. The Morgan fingerprint density at radius 2 is 1.38 bits per heavy atom. The molecule has 336 valence electrons. The van der Waals surface area contributed by atoms with Crippen molar-refractivity contribution in [1.82, 2.24) is 48.6 Å². The van der Waals surface area contributed by atoms with Gasteiger partial charge in [-0.2, -0.15) is 9.97 Å². The maximum absolute atomic E-state index is 14.0. The minimum atomic E-state index is -4.42. The Labute approximate surface area is 418 Å². The van der Waals surface area contributed by atoms with E-state index in [9.17, 15) is 24.5 Å². The van der Waals surface area contributed by atoms with E-state index in [0.717, 1.165) is 4.57 Å². The molecular weight excluding hydrogens is 943 g/mol. The van der Waals surface area contributed by atoms with E-state index in [-0.39, 0.29) is 113 Å². The van der Waals surface area contributed by atoms with E-state index in [2.05, 4.69) is 34.9 Å². The number of nitrogens with one attached hydrogen (secondary N) is 1. The van der Waals surface area contributed by atoms with Gasteiger partial charge in [-0.1, -0.05) is 44.4 Å². The first-order valence-electron chi connectivity index (χ1n) is 19.1. The summed E-state index contributed by atoms with van der Waals surface area (Å²) < 4.78 is 46.0. The van der Waals surface area contributed by atoms with E-state index in [1.807, 2.05) is 20.8 Å². The van der Waals surface area contributed by atoms with Crippen LogP contribution in [0.1, 0.15) is 65.1 Å². The van der Waals surface area contributed by atoms with E-state index in [4.69, 9.17) is 73.1 Å². The topological polar surface area (TPSA) is 351 Å². The standard InChI is InChI=1S/C33H45N13O12P2S2.2Na/c1-33(2,3)9-18-16(7-23(54-18)45-13-39-25-27(35)37-12-38-28(25)45)57-60(51,62)53-11-20-17(8-24(56-20)46-14-40-26-29(46)42-31(36)43-30(26)48)58-59(50,61)52-10-19-15(47)6-22(55-19)44-5-4-21(34)41-32(44)49;;/h4-5,12-20,22-24,47H,6-11H2,1-3H3,(H,50,61)(H,51,62)(H2,34,41,49)(H2,35,37,38)(H3,36,42,43,48);;/q;2*+1/p-2/t15?,16?,17?,18-,19-,20-,22-,23-,24-,59?,60?;;/m1../s1. The van der Waals surface area contributed by atoms with Crippen LogP contribution in [-0.2, 0) is 55.9 Å². The summed E-state index contributed by atoms with van der Waals surface area (Å²) in [4.78, 5) is 79.7. The van der Waals surface area contributed by atoms with Gasteiger partial charge in [-0.15, -0.1) is 0 Å². The monoisotopic (exact) mass is 985 g/mol. The fourth-order valence-corrected chi connectivity index (χ4v) is 10.5. The van der Waals surface area contributed by atoms with Crippen LogP contribution in [0, 0.1) is 5.41 Å². The number of nitrogens with two attached hydrogens (primary N) is 3. The Bertz CT molecular complexity index is 2690. The Morgan fingerprint density at radius 3 is 2.02 bits per heavy atom. The van der Waals surface area contributed by atoms with Gasteiger partial charge in [0.15, 0.2) is 22.6 Å². The van der Waals surface area contributed by atoms with Crippen LogP contribution in [0.3, 0.4) is 0 Å². The minimum Gasteiger partial charge on any atom is -0.780 e. The number of anilines is 3. The van der Waals surface area contributed by atoms with Gasteiger partial charge in [-0.25, -0.2) is 24.7 Å². The molecule has 8 rings (SSSR count). The molecule has 3 aliphatic heterocycles. The maximum atomic E-state index is 14.0. The first-order valence-corrected chi connectivity index (χ1v) is 24.3. The third kappa shape index (κ3) is 11.7. The van der Waals surface area contributed by atoms with Gasteiger partial charge in [0, 0.05) is 25.5 Å². The Kier molecular flexibility index (Phi) is 16.4. The van der Waals surface area contributed by atoms with Crippen LogP contribution in [0.25, 0.3) is 22.3 Å². The minimum absolute atomic E-state index is 0. The number of fused-ring (bicyclic) bond motifs is 2. The zero-order valence-electron chi connectivity index (χ0n) is 35.2. The van der Waals surface area contributed by atoms with E-state index in [1.54, 1.807) is 4.57 Å². The summed E-state index contributed by atoms with van der Waals surface area (Å²) >= 11 is 10.7. The Morgan fingerprint density at radius 1 is 0.812 bits per heavy atom. The summed E-state index contributed by atoms with van der Waals surface area (Å²) in [6.45, 7) is -3.71. The number of ether oxygens (including phenoxy) is 3. The van der Waals surface area contributed by atoms with Crippen LogP contribution in [0.2, 0.25) is 0 Å². The number of aromatic amines is 1. The third-order valence-electron chi connectivity index (χ3n) is 10.3. The molecule has 5 unspecified atom stereocenters. The number of nitrogen functional groups attached to an aromatic ring is 3. The van der Waals surface area contributed by atoms with Crippen molar-refractivity contribution < 1.29 is 106 Å². The number of hydrogen-bond donors (Lipinski definition) is 5. The fraction of sp³-hybridized carbons (Fsp3) is 0.576. The van der Waals surface area contributed by atoms with Crippen molar-refractivity contribution in [2.45, 2.75) is 102 Å². The normalized spacial score (nSPS) is 27.9. The molecule has 0 radical (unpaired) electrons. The van der Waals surface area contributed by atoms with Gasteiger partial charge in [0.2, 0.25) is 5.95 Å². The molecule has 8 heterocycles. The predicted molar refractivity (Wildman–Crippen MR) is 221 cm³/mol. The molecule has 5 aromatic rings. The first kappa shape index (κ1) is 51.5. The first-order chi connectivity index (χ1) is 29.2. The zero-order valence-corrected chi connectivity index (χ0v) is 42.7. The number of hydrogen-bond acceptors (Lipinski definition) is 23. The van der Waals surface area contributed by atoms with Crippen molar-refractivity contribution in [3.05, 3.63) is 52.1 Å². The molecule has 0 spiro atoms. The second kappa shape index (κ2) is 20.4. The van der Waals surface area contributed by atoms with Gasteiger partial charge < -0.3 is 64.4 Å². The predicted octanol–water partition coefficient (Wildman–Crippen LogP) is -6.40. The van der Waals surface area contributed by atoms with E-state index >= 15 is 0 Å². The molecule has 8 N–H and O–H groups in total. The van der Waals surface area contributed by atoms with Crippen LogP contribution in [0.5, 0.6) is 0 Å². The van der Waals surface area contributed by atoms with Crippen LogP contribution in [0.15, 0.2) is 40.8 Å². The summed E-state index contributed by atoms with van der Waals surface area (Å²) in [6, 6.07) is 1.40. The van der Waals surface area contributed by atoms with Crippen molar-refractivity contribution in [1.29, 1.82) is 0 Å². The number of rotatable bonds is 14. The number of imidazole rings is 2. The summed E-state index contributed by atoms with van der Waals surface area (Å²) in [7, 11) is 0. The number of aromatic nitrogens is 10. The average molecular weight is 986 g/mol. The molecule has 3 saturated heterocycles. The zero-order chi connectivity index (χ0) is 44.3. The third-order valence-corrected chi connectivity index (χ3v) is 13.5. The van der Waals surface area contributed by atoms with Crippen LogP contribution >= 0.6 is 13.4 Å². The second-order valence-electron chi connectivity index (χ2n) is 16.1. The van der Waals surface area contributed by atoms with Crippen molar-refractivity contribution in [3.8, 4) is 0 Å². The number of aliphatic hydroxyl groups is 1. The summed E-state index contributed by atoms with van der Waals surface area (Å²) in [5.74, 6) is 0.0307. The quantitative estimate of drug-likeness (QED) is 0.0510. The summed E-state index contributed by atoms with van der Waals surface area (Å²) in [6.07, 6.45) is -2.37. The molecule has 3 aliphatic rings. The molecule has 0 bridgehead atoms. The SMILES string of the molecule is CC(C)(C)C[C@H]1O[C@@H](n2cnc3c(N)ncnc32)CC1OP([O-])(=S)OC[C@H]1O[C@@H](n2cnc3c(=O)[nH]c(N)nc32)CC1OP([O-])(=S)OC[C@H]1O[C@@H](n2ccc(N)nc2=O)CC1O.[Na+].[Na+]. The number of H-pyrrole nitrogens is 1. The van der Waals surface area contributed by atoms with Gasteiger partial charge in [-0.3, -0.25) is 23.5 Å². The summed E-state index contributed by atoms with van der Waals surface area (Å²) in [5, 5.41) is 10.7. The van der Waals surface area contributed by atoms with Crippen LogP contribution in [0.4, 0.5) is 17.6 Å². The molecule has 31 heteroatoms. The molecule has 0 aliphatic carbocycles. The van der Waals surface area contributed by atoms with Crippen LogP contribution < -0.4 is 97.4 Å². The van der Waals surface area contributed by atoms with E-state index in [0.29, 0.717) is 17.6 Å². The molecule has 64 heavy (non-hydrogen) atoms. The molecule has 0 aromatic carbocycles. The molecule has 0 amide bonds. The van der Waals surface area contributed by atoms with Gasteiger partial charge >= 0.3 is 64.8 Å². The molecule has 11 atom stereocenters. The Hall–Kier alpha value is -1.92. The molecule has 0 saturated carbocycles. The van der Waals surface area contributed by atoms with Crippen LogP contribution in [-0.4, -0.2) is 104 Å². The van der Waals surface area contributed by atoms with Crippen molar-refractivity contribution in [2.75, 3.05) is 30.4 Å². The molecule has 25 nitrogen and oxygen atoms in total. The fourth-order valence-electron chi connectivity index (χ4n) is 7.54. The van der Waals surface area contributed by atoms with E-state index in [1.165, 1.54) is 35.8 Å². The van der Waals surface area contributed by atoms with Gasteiger partial charge in [-0.05, 0) is 17.9 Å². The van der Waals surface area contributed by atoms with Gasteiger partial charge in [0.05, 0.1) is 50.3 Å². The Balaban J connectivity index is 0.00000340. The number of nitrogens with zero attached hydrogens (tertiary/aromatic N) is 9. The average Bonchev–Trinajstić information content (AvgIpc) is 4.01. The summed E-state index contributed by atoms with van der Waals surface area (Å²) in [5.41, 5.74) is 16.7. The van der Waals surface area contributed by atoms with Gasteiger partial charge in [0.1, 0.15) is 62.0 Å². The molecule has 5 aromatic heterocycles. The van der Waals surface area contributed by atoms with Gasteiger partial charge in [0.25, 0.3) is 5.56 Å².